The summed E-state index contributed by atoms with van der Waals surface area (Å²) in [6.45, 7) is 0. The maximum Gasteiger partial charge on any atom is -0.000116 e. The molecule has 2 aliphatic carbocycles. The summed E-state index contributed by atoms with van der Waals surface area (Å²) in [5, 5.41) is 12.8. The Labute approximate surface area is 325 Å². The molecule has 0 N–H and O–H groups in total. The van der Waals surface area contributed by atoms with E-state index in [1.165, 1.54) is 121 Å². The Morgan fingerprint density at radius 2 is 0.536 bits per heavy atom. The van der Waals surface area contributed by atoms with E-state index in [-0.39, 0.29) is 0 Å². The fourth-order valence-electron chi connectivity index (χ4n) is 9.87. The molecule has 0 radical (unpaired) electrons. The minimum Gasteiger partial charge on any atom is -0.0622 e. The van der Waals surface area contributed by atoms with Gasteiger partial charge in [-0.1, -0.05) is 188 Å². The quantitative estimate of drug-likeness (QED) is 0.126. The molecule has 12 rings (SSSR count). The molecule has 0 unspecified atom stereocenters. The van der Waals surface area contributed by atoms with E-state index < -0.39 is 0 Å². The van der Waals surface area contributed by atoms with E-state index in [0.717, 1.165) is 0 Å². The van der Waals surface area contributed by atoms with E-state index in [1.54, 1.807) is 0 Å². The number of benzene rings is 10. The van der Waals surface area contributed by atoms with Gasteiger partial charge in [0.05, 0.1) is 0 Å². The van der Waals surface area contributed by atoms with E-state index in [2.05, 4.69) is 206 Å². The van der Waals surface area contributed by atoms with E-state index in [1.807, 2.05) is 0 Å². The number of hydrogen-bond donors (Lipinski definition) is 0. The molecule has 0 nitrogen and oxygen atoms in total. The number of allylic oxidation sites excluding steroid dienone is 5. The second kappa shape index (κ2) is 12.1. The second-order valence-electron chi connectivity index (χ2n) is 15.1. The van der Waals surface area contributed by atoms with Gasteiger partial charge in [0.15, 0.2) is 0 Å². The molecule has 10 aromatic rings. The van der Waals surface area contributed by atoms with Crippen LogP contribution in [0.1, 0.15) is 33.4 Å². The van der Waals surface area contributed by atoms with Gasteiger partial charge in [-0.05, 0) is 139 Å². The van der Waals surface area contributed by atoms with E-state index in [4.69, 9.17) is 0 Å². The van der Waals surface area contributed by atoms with Crippen molar-refractivity contribution in [2.75, 3.05) is 0 Å². The first-order valence-electron chi connectivity index (χ1n) is 19.5. The molecule has 2 aliphatic rings. The van der Waals surface area contributed by atoms with Crippen LogP contribution in [0.25, 0.3) is 81.7 Å². The lowest BCUT2D eigenvalue weighted by molar-refractivity contribution is 1.56. The van der Waals surface area contributed by atoms with Gasteiger partial charge in [0, 0.05) is 0 Å². The molecule has 258 valence electrons. The first-order chi connectivity index (χ1) is 27.8. The van der Waals surface area contributed by atoms with Crippen LogP contribution in [0.3, 0.4) is 0 Å². The fourth-order valence-corrected chi connectivity index (χ4v) is 9.87. The molecule has 0 spiro atoms. The lowest BCUT2D eigenvalue weighted by Gasteiger charge is -2.20. The van der Waals surface area contributed by atoms with Crippen LogP contribution in [0.15, 0.2) is 212 Å². The predicted molar refractivity (Wildman–Crippen MR) is 239 cm³/mol. The Kier molecular flexibility index (Phi) is 6.73. The van der Waals surface area contributed by atoms with Gasteiger partial charge in [-0.3, -0.25) is 0 Å². The van der Waals surface area contributed by atoms with Gasteiger partial charge in [0.1, 0.15) is 0 Å². The molecule has 0 fully saturated rings. The predicted octanol–water partition coefficient (Wildman–Crippen LogP) is 14.8. The van der Waals surface area contributed by atoms with Crippen LogP contribution in [0, 0.1) is 0 Å². The van der Waals surface area contributed by atoms with Crippen molar-refractivity contribution in [1.29, 1.82) is 0 Å². The van der Waals surface area contributed by atoms with Gasteiger partial charge in [0.25, 0.3) is 0 Å². The molecule has 0 bridgehead atoms. The minimum atomic E-state index is 1.22. The smallest absolute Gasteiger partial charge is 0.000116 e. The van der Waals surface area contributed by atoms with Gasteiger partial charge >= 0.3 is 0 Å². The van der Waals surface area contributed by atoms with Crippen LogP contribution >= 0.6 is 0 Å². The van der Waals surface area contributed by atoms with E-state index in [0.29, 0.717) is 0 Å². The first kappa shape index (κ1) is 31.1. The van der Waals surface area contributed by atoms with Gasteiger partial charge < -0.3 is 0 Å². The van der Waals surface area contributed by atoms with Crippen LogP contribution < -0.4 is 0 Å². The average Bonchev–Trinajstić information content (AvgIpc) is 3.78. The molecule has 0 aliphatic heterocycles. The SMILES string of the molecule is c1ccc(C2=C(c3ccccc3)C(c3c4ccccc4cc4ccccc34)=C3C2=C(c2ccccc2)c2cc4c5ccccc5c5ccccc5c4cc23)cc1. The normalized spacial score (nSPS) is 13.9. The second-order valence-corrected chi connectivity index (χ2v) is 15.1. The summed E-state index contributed by atoms with van der Waals surface area (Å²) in [5.41, 5.74) is 15.3. The molecule has 0 saturated carbocycles. The van der Waals surface area contributed by atoms with E-state index >= 15 is 0 Å². The highest BCUT2D eigenvalue weighted by atomic mass is 14.4. The molecular formula is C56H34. The zero-order valence-corrected chi connectivity index (χ0v) is 30.6. The Morgan fingerprint density at radius 3 is 1.00 bits per heavy atom. The molecule has 0 atom stereocenters. The van der Waals surface area contributed by atoms with Crippen molar-refractivity contribution in [3.63, 3.8) is 0 Å². The van der Waals surface area contributed by atoms with Gasteiger partial charge in [-0.25, -0.2) is 0 Å². The zero-order valence-electron chi connectivity index (χ0n) is 30.6. The third-order valence-electron chi connectivity index (χ3n) is 12.1. The Bertz CT molecular complexity index is 3310. The van der Waals surface area contributed by atoms with Crippen molar-refractivity contribution in [2.24, 2.45) is 0 Å². The summed E-state index contributed by atoms with van der Waals surface area (Å²) in [5.74, 6) is 0. The van der Waals surface area contributed by atoms with Gasteiger partial charge in [0.2, 0.25) is 0 Å². The molecular weight excluding hydrogens is 673 g/mol. The van der Waals surface area contributed by atoms with Crippen molar-refractivity contribution >= 4 is 81.7 Å². The van der Waals surface area contributed by atoms with Crippen LogP contribution in [0.5, 0.6) is 0 Å². The maximum absolute atomic E-state index is 2.54. The third kappa shape index (κ3) is 4.42. The van der Waals surface area contributed by atoms with Crippen LogP contribution in [0.4, 0.5) is 0 Å². The fraction of sp³-hybridized carbons (Fsp3) is 0. The summed E-state index contributed by atoms with van der Waals surface area (Å²) in [6.07, 6.45) is 0. The largest absolute Gasteiger partial charge is 0.0622 e. The molecule has 0 heterocycles. The zero-order chi connectivity index (χ0) is 36.7. The highest BCUT2D eigenvalue weighted by Gasteiger charge is 2.41. The van der Waals surface area contributed by atoms with Crippen molar-refractivity contribution in [3.8, 4) is 0 Å². The van der Waals surface area contributed by atoms with Crippen LogP contribution in [0.2, 0.25) is 0 Å². The van der Waals surface area contributed by atoms with Crippen molar-refractivity contribution < 1.29 is 0 Å². The number of hydrogen-bond acceptors (Lipinski definition) is 0. The van der Waals surface area contributed by atoms with Gasteiger partial charge in [-0.2, -0.15) is 0 Å². The van der Waals surface area contributed by atoms with Crippen molar-refractivity contribution in [1.82, 2.24) is 0 Å². The Balaban J connectivity index is 1.36. The van der Waals surface area contributed by atoms with Crippen LogP contribution in [-0.2, 0) is 0 Å². The molecule has 56 heavy (non-hydrogen) atoms. The maximum atomic E-state index is 2.54. The molecule has 0 heteroatoms. The van der Waals surface area contributed by atoms with Crippen LogP contribution in [-0.4, -0.2) is 0 Å². The number of fused-ring (bicyclic) bond motifs is 11. The lowest BCUT2D eigenvalue weighted by atomic mass is 9.82. The van der Waals surface area contributed by atoms with Gasteiger partial charge in [-0.15, -0.1) is 0 Å². The molecule has 0 amide bonds. The lowest BCUT2D eigenvalue weighted by Crippen LogP contribution is -1.97. The summed E-state index contributed by atoms with van der Waals surface area (Å²) < 4.78 is 0. The summed E-state index contributed by atoms with van der Waals surface area (Å²) in [4.78, 5) is 0. The monoisotopic (exact) mass is 706 g/mol. The highest BCUT2D eigenvalue weighted by molar-refractivity contribution is 6.42. The van der Waals surface area contributed by atoms with E-state index in [9.17, 15) is 0 Å². The summed E-state index contributed by atoms with van der Waals surface area (Å²) in [6, 6.07) is 76.6. The topological polar surface area (TPSA) is 0 Å². The van der Waals surface area contributed by atoms with Crippen molar-refractivity contribution in [2.45, 2.75) is 0 Å². The first-order valence-corrected chi connectivity index (χ1v) is 19.5. The standard InChI is InChI=1S/C56H34/c1-4-18-35(19-5-1)50-48-33-46-44-30-16-14-28-42(44)43-29-15-17-31-45(43)47(46)34-49(48)54-55(50)51(36-20-6-2-7-21-36)52(37-22-8-3-9-23-37)56(54)53-40-26-12-10-24-38(40)32-39-25-11-13-27-41(39)53/h1-34H. The van der Waals surface area contributed by atoms with Crippen molar-refractivity contribution in [3.05, 3.63) is 245 Å². The Hall–Kier alpha value is -7.28. The third-order valence-corrected chi connectivity index (χ3v) is 12.1. The molecule has 0 aromatic heterocycles. The molecule has 10 aromatic carbocycles. The minimum absolute atomic E-state index is 1.22. The summed E-state index contributed by atoms with van der Waals surface area (Å²) >= 11 is 0. The average molecular weight is 707 g/mol. The molecule has 0 saturated heterocycles. The highest BCUT2D eigenvalue weighted by Crippen LogP contribution is 2.63. The summed E-state index contributed by atoms with van der Waals surface area (Å²) in [7, 11) is 0. The Morgan fingerprint density at radius 1 is 0.196 bits per heavy atom. The number of rotatable bonds is 4.